The van der Waals surface area contributed by atoms with Gasteiger partial charge in [0.05, 0.1) is 18.0 Å². The number of nitrogens with zero attached hydrogens (tertiary/aromatic N) is 2. The first-order valence-electron chi connectivity index (χ1n) is 5.84. The van der Waals surface area contributed by atoms with E-state index >= 15 is 0 Å². The van der Waals surface area contributed by atoms with Crippen molar-refractivity contribution in [1.82, 2.24) is 10.3 Å². The summed E-state index contributed by atoms with van der Waals surface area (Å²) in [5.41, 5.74) is 0.993. The first kappa shape index (κ1) is 13.3. The molecule has 0 aliphatic carbocycles. The molecule has 0 aliphatic rings. The second-order valence-corrected chi connectivity index (χ2v) is 4.71. The number of aromatic nitrogens is 1. The monoisotopic (exact) mass is 273 g/mol. The van der Waals surface area contributed by atoms with Crippen LogP contribution in [0, 0.1) is 11.3 Å². The molecule has 0 aliphatic heterocycles. The number of nitriles is 1. The Morgan fingerprint density at radius 2 is 2.21 bits per heavy atom. The number of amides is 1. The average molecular weight is 274 g/mol. The number of nitrogens with one attached hydrogen (secondary N) is 1. The van der Waals surface area contributed by atoms with Crippen LogP contribution in [0.3, 0.4) is 0 Å². The predicted octanol–water partition coefficient (Wildman–Crippen LogP) is 2.92. The molecule has 0 saturated heterocycles. The molecule has 19 heavy (non-hydrogen) atoms. The van der Waals surface area contributed by atoms with Crippen molar-refractivity contribution in [2.24, 2.45) is 0 Å². The van der Waals surface area contributed by atoms with E-state index in [0.717, 1.165) is 5.39 Å². The summed E-state index contributed by atoms with van der Waals surface area (Å²) in [6.07, 6.45) is 0.269. The molecule has 0 bridgehead atoms. The first-order valence-corrected chi connectivity index (χ1v) is 6.22. The molecule has 2 rings (SSSR count). The fourth-order valence-corrected chi connectivity index (χ4v) is 1.87. The molecule has 5 heteroatoms. The molecule has 1 heterocycles. The Morgan fingerprint density at radius 3 is 2.95 bits per heavy atom. The van der Waals surface area contributed by atoms with Crippen LogP contribution in [-0.2, 0) is 0 Å². The molecule has 4 nitrogen and oxygen atoms in total. The lowest BCUT2D eigenvalue weighted by molar-refractivity contribution is 0.0936. The molecule has 2 aromatic rings. The lowest BCUT2D eigenvalue weighted by Gasteiger charge is -2.10. The van der Waals surface area contributed by atoms with Gasteiger partial charge in [0.15, 0.2) is 0 Å². The molecule has 0 fully saturated rings. The summed E-state index contributed by atoms with van der Waals surface area (Å²) in [4.78, 5) is 16.2. The van der Waals surface area contributed by atoms with E-state index in [1.54, 1.807) is 25.1 Å². The summed E-state index contributed by atoms with van der Waals surface area (Å²) < 4.78 is 0. The fraction of sp³-hybridized carbons (Fsp3) is 0.214. The Labute approximate surface area is 116 Å². The van der Waals surface area contributed by atoms with Gasteiger partial charge in [0, 0.05) is 16.5 Å². The van der Waals surface area contributed by atoms with Crippen LogP contribution in [0.5, 0.6) is 0 Å². The van der Waals surface area contributed by atoms with Crippen molar-refractivity contribution in [1.29, 1.82) is 5.26 Å². The molecule has 1 amide bonds. The standard InChI is InChI=1S/C14H12ClN3O/c1-9(6-7-16)17-14(19)12-5-3-10-2-4-11(15)8-13(10)18-12/h2-5,8-9H,6H2,1H3,(H,17,19)/t9-/m0/s1. The van der Waals surface area contributed by atoms with Crippen LogP contribution in [0.2, 0.25) is 5.02 Å². The molecule has 96 valence electrons. The molecule has 0 radical (unpaired) electrons. The maximum atomic E-state index is 11.9. The Hall–Kier alpha value is -2.12. The summed E-state index contributed by atoms with van der Waals surface area (Å²) in [6.45, 7) is 1.78. The summed E-state index contributed by atoms with van der Waals surface area (Å²) in [5, 5.41) is 12.8. The smallest absolute Gasteiger partial charge is 0.270 e. The van der Waals surface area contributed by atoms with E-state index in [4.69, 9.17) is 16.9 Å². The number of hydrogen-bond donors (Lipinski definition) is 1. The minimum atomic E-state index is -0.287. The zero-order valence-electron chi connectivity index (χ0n) is 10.4. The molecule has 0 saturated carbocycles. The highest BCUT2D eigenvalue weighted by Gasteiger charge is 2.11. The first-order chi connectivity index (χ1) is 9.10. The van der Waals surface area contributed by atoms with Gasteiger partial charge in [-0.3, -0.25) is 4.79 Å². The second kappa shape index (κ2) is 5.68. The zero-order chi connectivity index (χ0) is 13.8. The van der Waals surface area contributed by atoms with Crippen molar-refractivity contribution in [2.75, 3.05) is 0 Å². The third kappa shape index (κ3) is 3.21. The highest BCUT2D eigenvalue weighted by atomic mass is 35.5. The van der Waals surface area contributed by atoms with Crippen molar-refractivity contribution in [3.8, 4) is 6.07 Å². The zero-order valence-corrected chi connectivity index (χ0v) is 11.1. The van der Waals surface area contributed by atoms with Crippen LogP contribution in [0.25, 0.3) is 10.9 Å². The number of carbonyl (C=O) groups excluding carboxylic acids is 1. The van der Waals surface area contributed by atoms with Gasteiger partial charge in [-0.1, -0.05) is 23.7 Å². The van der Waals surface area contributed by atoms with Gasteiger partial charge in [0.25, 0.3) is 5.91 Å². The molecular formula is C14H12ClN3O. The van der Waals surface area contributed by atoms with E-state index in [-0.39, 0.29) is 18.4 Å². The number of carbonyl (C=O) groups is 1. The van der Waals surface area contributed by atoms with Crippen molar-refractivity contribution in [3.63, 3.8) is 0 Å². The molecule has 0 unspecified atom stereocenters. The van der Waals surface area contributed by atoms with E-state index in [1.807, 2.05) is 18.2 Å². The highest BCUT2D eigenvalue weighted by Crippen LogP contribution is 2.18. The predicted molar refractivity (Wildman–Crippen MR) is 73.9 cm³/mol. The number of pyridine rings is 1. The number of fused-ring (bicyclic) bond motifs is 1. The molecule has 1 aromatic heterocycles. The van der Waals surface area contributed by atoms with Gasteiger partial charge in [0.1, 0.15) is 5.69 Å². The average Bonchev–Trinajstić information content (AvgIpc) is 2.38. The number of benzene rings is 1. The summed E-state index contributed by atoms with van der Waals surface area (Å²) >= 11 is 5.90. The summed E-state index contributed by atoms with van der Waals surface area (Å²) in [5.74, 6) is -0.287. The fourth-order valence-electron chi connectivity index (χ4n) is 1.70. The van der Waals surface area contributed by atoms with E-state index in [2.05, 4.69) is 10.3 Å². The number of halogens is 1. The van der Waals surface area contributed by atoms with Gasteiger partial charge in [-0.25, -0.2) is 4.98 Å². The normalized spacial score (nSPS) is 11.8. The third-order valence-corrected chi connectivity index (χ3v) is 2.90. The number of hydrogen-bond acceptors (Lipinski definition) is 3. The molecule has 1 atom stereocenters. The second-order valence-electron chi connectivity index (χ2n) is 4.27. The highest BCUT2D eigenvalue weighted by molar-refractivity contribution is 6.31. The van der Waals surface area contributed by atoms with Crippen molar-refractivity contribution < 1.29 is 4.79 Å². The van der Waals surface area contributed by atoms with Crippen LogP contribution < -0.4 is 5.32 Å². The van der Waals surface area contributed by atoms with Gasteiger partial charge in [-0.2, -0.15) is 5.26 Å². The van der Waals surface area contributed by atoms with Crippen LogP contribution in [0.15, 0.2) is 30.3 Å². The van der Waals surface area contributed by atoms with Crippen molar-refractivity contribution >= 4 is 28.4 Å². The third-order valence-electron chi connectivity index (χ3n) is 2.66. The van der Waals surface area contributed by atoms with Gasteiger partial charge in [-0.05, 0) is 25.1 Å². The van der Waals surface area contributed by atoms with E-state index in [0.29, 0.717) is 16.2 Å². The maximum absolute atomic E-state index is 11.9. The maximum Gasteiger partial charge on any atom is 0.270 e. The lowest BCUT2D eigenvalue weighted by atomic mass is 10.2. The van der Waals surface area contributed by atoms with E-state index in [1.165, 1.54) is 0 Å². The summed E-state index contributed by atoms with van der Waals surface area (Å²) in [6, 6.07) is 10.6. The Kier molecular flexibility index (Phi) is 3.98. The van der Waals surface area contributed by atoms with Gasteiger partial charge >= 0.3 is 0 Å². The van der Waals surface area contributed by atoms with E-state index < -0.39 is 0 Å². The Morgan fingerprint density at radius 1 is 1.47 bits per heavy atom. The Balaban J connectivity index is 2.25. The van der Waals surface area contributed by atoms with Crippen molar-refractivity contribution in [3.05, 3.63) is 41.0 Å². The van der Waals surface area contributed by atoms with E-state index in [9.17, 15) is 4.79 Å². The quantitative estimate of drug-likeness (QED) is 0.935. The lowest BCUT2D eigenvalue weighted by Crippen LogP contribution is -2.32. The summed E-state index contributed by atoms with van der Waals surface area (Å²) in [7, 11) is 0. The number of rotatable bonds is 3. The van der Waals surface area contributed by atoms with Gasteiger partial charge < -0.3 is 5.32 Å². The van der Waals surface area contributed by atoms with Crippen molar-refractivity contribution in [2.45, 2.75) is 19.4 Å². The molecule has 0 spiro atoms. The van der Waals surface area contributed by atoms with Gasteiger partial charge in [0.2, 0.25) is 0 Å². The van der Waals surface area contributed by atoms with Crippen LogP contribution in [0.1, 0.15) is 23.8 Å². The minimum absolute atomic E-state index is 0.200. The van der Waals surface area contributed by atoms with Gasteiger partial charge in [-0.15, -0.1) is 0 Å². The topological polar surface area (TPSA) is 65.8 Å². The largest absolute Gasteiger partial charge is 0.347 e. The Bertz CT molecular complexity index is 663. The van der Waals surface area contributed by atoms with Crippen LogP contribution in [-0.4, -0.2) is 16.9 Å². The SMILES string of the molecule is C[C@@H](CC#N)NC(=O)c1ccc2ccc(Cl)cc2n1. The minimum Gasteiger partial charge on any atom is -0.347 e. The van der Waals surface area contributed by atoms with Crippen LogP contribution >= 0.6 is 11.6 Å². The molecule has 1 aromatic carbocycles. The molecule has 1 N–H and O–H groups in total. The molecular weight excluding hydrogens is 262 g/mol. The van der Waals surface area contributed by atoms with Crippen LogP contribution in [0.4, 0.5) is 0 Å².